The lowest BCUT2D eigenvalue weighted by atomic mass is 10.0. The van der Waals surface area contributed by atoms with Crippen molar-refractivity contribution in [3.63, 3.8) is 0 Å². The van der Waals surface area contributed by atoms with E-state index in [2.05, 4.69) is 0 Å². The molecule has 168 valence electrons. The molecule has 3 aromatic rings. The molecular weight excluding hydrogens is 416 g/mol. The van der Waals surface area contributed by atoms with Gasteiger partial charge in [0.1, 0.15) is 17.2 Å². The Morgan fingerprint density at radius 2 is 1.45 bits per heavy atom. The molecule has 0 aromatic heterocycles. The third-order valence-corrected chi connectivity index (χ3v) is 5.49. The Morgan fingerprint density at radius 3 is 2.06 bits per heavy atom. The second-order valence-electron chi connectivity index (χ2n) is 7.67. The molecule has 1 aliphatic rings. The Balaban J connectivity index is 1.76. The SMILES string of the molecule is CCOc1ccc(C2=C(N(C)Cc3ccccc3)C(=O)N(c3ccc(OC)cc3)C2=O)cc1. The highest BCUT2D eigenvalue weighted by atomic mass is 16.5. The number of benzene rings is 3. The van der Waals surface area contributed by atoms with Crippen LogP contribution in [0.25, 0.3) is 5.57 Å². The van der Waals surface area contributed by atoms with Gasteiger partial charge in [-0.2, -0.15) is 0 Å². The van der Waals surface area contributed by atoms with Crippen LogP contribution >= 0.6 is 0 Å². The van der Waals surface area contributed by atoms with E-state index in [0.29, 0.717) is 47.2 Å². The zero-order valence-corrected chi connectivity index (χ0v) is 18.9. The minimum Gasteiger partial charge on any atom is -0.497 e. The molecule has 0 radical (unpaired) electrons. The second-order valence-corrected chi connectivity index (χ2v) is 7.67. The van der Waals surface area contributed by atoms with Gasteiger partial charge >= 0.3 is 0 Å². The Bertz CT molecular complexity index is 1170. The zero-order valence-electron chi connectivity index (χ0n) is 18.9. The van der Waals surface area contributed by atoms with Crippen LogP contribution in [0.1, 0.15) is 18.1 Å². The molecule has 0 N–H and O–H groups in total. The molecule has 4 rings (SSSR count). The number of nitrogens with zero attached hydrogens (tertiary/aromatic N) is 2. The third kappa shape index (κ3) is 4.46. The van der Waals surface area contributed by atoms with Crippen molar-refractivity contribution in [3.8, 4) is 11.5 Å². The van der Waals surface area contributed by atoms with E-state index in [1.54, 1.807) is 31.4 Å². The fourth-order valence-corrected chi connectivity index (χ4v) is 3.92. The summed E-state index contributed by atoms with van der Waals surface area (Å²) in [7, 11) is 3.41. The van der Waals surface area contributed by atoms with Gasteiger partial charge in [0.25, 0.3) is 11.8 Å². The molecule has 0 aliphatic carbocycles. The van der Waals surface area contributed by atoms with Crippen LogP contribution in [-0.2, 0) is 16.1 Å². The highest BCUT2D eigenvalue weighted by Crippen LogP contribution is 2.36. The molecular formula is C27H26N2O4. The molecule has 33 heavy (non-hydrogen) atoms. The maximum absolute atomic E-state index is 13.6. The minimum absolute atomic E-state index is 0.354. The van der Waals surface area contributed by atoms with Crippen molar-refractivity contribution in [1.82, 2.24) is 4.90 Å². The molecule has 0 saturated heterocycles. The largest absolute Gasteiger partial charge is 0.497 e. The van der Waals surface area contributed by atoms with Crippen molar-refractivity contribution >= 4 is 23.1 Å². The minimum atomic E-state index is -0.357. The quantitative estimate of drug-likeness (QED) is 0.481. The first-order chi connectivity index (χ1) is 16.0. The van der Waals surface area contributed by atoms with Crippen LogP contribution in [-0.4, -0.2) is 37.5 Å². The van der Waals surface area contributed by atoms with E-state index in [0.717, 1.165) is 5.56 Å². The fourth-order valence-electron chi connectivity index (χ4n) is 3.92. The molecule has 0 atom stereocenters. The van der Waals surface area contributed by atoms with Crippen LogP contribution < -0.4 is 14.4 Å². The van der Waals surface area contributed by atoms with Gasteiger partial charge in [-0.05, 0) is 54.4 Å². The monoisotopic (exact) mass is 442 g/mol. The summed E-state index contributed by atoms with van der Waals surface area (Å²) in [5.74, 6) is 0.653. The lowest BCUT2D eigenvalue weighted by Gasteiger charge is -2.21. The van der Waals surface area contributed by atoms with Crippen molar-refractivity contribution in [2.45, 2.75) is 13.5 Å². The van der Waals surface area contributed by atoms with E-state index < -0.39 is 0 Å². The number of methoxy groups -OCH3 is 1. The summed E-state index contributed by atoms with van der Waals surface area (Å²) in [6.07, 6.45) is 0. The number of amides is 2. The number of carbonyl (C=O) groups is 2. The van der Waals surface area contributed by atoms with E-state index in [9.17, 15) is 9.59 Å². The lowest BCUT2D eigenvalue weighted by Crippen LogP contribution is -2.34. The van der Waals surface area contributed by atoms with Gasteiger partial charge < -0.3 is 14.4 Å². The van der Waals surface area contributed by atoms with Gasteiger partial charge in [-0.15, -0.1) is 0 Å². The predicted molar refractivity (Wildman–Crippen MR) is 128 cm³/mol. The van der Waals surface area contributed by atoms with Gasteiger partial charge in [-0.3, -0.25) is 9.59 Å². The molecule has 0 fully saturated rings. The van der Waals surface area contributed by atoms with E-state index in [1.165, 1.54) is 4.90 Å². The van der Waals surface area contributed by atoms with Crippen molar-refractivity contribution in [2.24, 2.45) is 0 Å². The van der Waals surface area contributed by atoms with Crippen LogP contribution in [0.4, 0.5) is 5.69 Å². The number of hydrogen-bond donors (Lipinski definition) is 0. The average molecular weight is 443 g/mol. The Hall–Kier alpha value is -4.06. The Labute approximate surface area is 193 Å². The van der Waals surface area contributed by atoms with Crippen molar-refractivity contribution in [3.05, 3.63) is 95.7 Å². The molecule has 0 bridgehead atoms. The zero-order chi connectivity index (χ0) is 23.4. The lowest BCUT2D eigenvalue weighted by molar-refractivity contribution is -0.120. The molecule has 1 heterocycles. The first-order valence-electron chi connectivity index (χ1n) is 10.8. The van der Waals surface area contributed by atoms with Crippen LogP contribution in [0.5, 0.6) is 11.5 Å². The van der Waals surface area contributed by atoms with Gasteiger partial charge in [0.05, 0.1) is 25.0 Å². The smallest absolute Gasteiger partial charge is 0.282 e. The van der Waals surface area contributed by atoms with Gasteiger partial charge in [0, 0.05) is 13.6 Å². The van der Waals surface area contributed by atoms with E-state index in [4.69, 9.17) is 9.47 Å². The maximum atomic E-state index is 13.6. The number of hydrogen-bond acceptors (Lipinski definition) is 5. The summed E-state index contributed by atoms with van der Waals surface area (Å²) in [4.78, 5) is 30.3. The molecule has 3 aromatic carbocycles. The number of likely N-dealkylation sites (N-methyl/N-ethyl adjacent to an activating group) is 1. The number of carbonyl (C=O) groups excluding carboxylic acids is 2. The van der Waals surface area contributed by atoms with Gasteiger partial charge in [0.2, 0.25) is 0 Å². The highest BCUT2D eigenvalue weighted by Gasteiger charge is 2.41. The molecule has 0 unspecified atom stereocenters. The standard InChI is InChI=1S/C27H26N2O4/c1-4-33-23-14-10-20(11-15-23)24-25(28(2)18-19-8-6-5-7-9-19)27(31)29(26(24)30)21-12-16-22(32-3)17-13-21/h5-17H,4,18H2,1-3H3. The average Bonchev–Trinajstić information content (AvgIpc) is 3.10. The molecule has 6 heteroatoms. The molecule has 1 aliphatic heterocycles. The van der Waals surface area contributed by atoms with E-state index in [-0.39, 0.29) is 11.8 Å². The molecule has 0 spiro atoms. The summed E-state index contributed by atoms with van der Waals surface area (Å²) >= 11 is 0. The van der Waals surface area contributed by atoms with Gasteiger partial charge in [-0.1, -0.05) is 42.5 Å². The number of imide groups is 1. The van der Waals surface area contributed by atoms with Crippen molar-refractivity contribution < 1.29 is 19.1 Å². The van der Waals surface area contributed by atoms with Crippen LogP contribution in [0.15, 0.2) is 84.6 Å². The van der Waals surface area contributed by atoms with Crippen LogP contribution in [0, 0.1) is 0 Å². The summed E-state index contributed by atoms with van der Waals surface area (Å²) in [6.45, 7) is 2.96. The number of anilines is 1. The molecule has 0 saturated carbocycles. The summed E-state index contributed by atoms with van der Waals surface area (Å²) in [5.41, 5.74) is 2.95. The van der Waals surface area contributed by atoms with Gasteiger partial charge in [0.15, 0.2) is 0 Å². The van der Waals surface area contributed by atoms with Gasteiger partial charge in [-0.25, -0.2) is 4.90 Å². The number of ether oxygens (including phenoxy) is 2. The topological polar surface area (TPSA) is 59.1 Å². The summed E-state index contributed by atoms with van der Waals surface area (Å²) in [5, 5.41) is 0. The Morgan fingerprint density at radius 1 is 0.818 bits per heavy atom. The van der Waals surface area contributed by atoms with Crippen LogP contribution in [0.3, 0.4) is 0 Å². The first kappa shape index (κ1) is 22.1. The normalized spacial score (nSPS) is 13.5. The molecule has 2 amide bonds. The van der Waals surface area contributed by atoms with Crippen molar-refractivity contribution in [1.29, 1.82) is 0 Å². The fraction of sp³-hybridized carbons (Fsp3) is 0.185. The summed E-state index contributed by atoms with van der Waals surface area (Å²) < 4.78 is 10.8. The second kappa shape index (κ2) is 9.61. The first-order valence-corrected chi connectivity index (χ1v) is 10.8. The summed E-state index contributed by atoms with van der Waals surface area (Å²) in [6, 6.07) is 24.0. The van der Waals surface area contributed by atoms with E-state index in [1.807, 2.05) is 73.5 Å². The number of rotatable bonds is 8. The van der Waals surface area contributed by atoms with Crippen molar-refractivity contribution in [2.75, 3.05) is 25.7 Å². The maximum Gasteiger partial charge on any atom is 0.282 e. The predicted octanol–water partition coefficient (Wildman–Crippen LogP) is 4.51. The molecule has 6 nitrogen and oxygen atoms in total. The highest BCUT2D eigenvalue weighted by molar-refractivity contribution is 6.45. The third-order valence-electron chi connectivity index (χ3n) is 5.49. The Kier molecular flexibility index (Phi) is 6.45. The van der Waals surface area contributed by atoms with E-state index >= 15 is 0 Å². The van der Waals surface area contributed by atoms with Crippen LogP contribution in [0.2, 0.25) is 0 Å².